The molecule has 2 heterocycles. The van der Waals surface area contributed by atoms with Crippen LogP contribution in [0.3, 0.4) is 0 Å². The summed E-state index contributed by atoms with van der Waals surface area (Å²) in [7, 11) is 2.92. The van der Waals surface area contributed by atoms with Crippen molar-refractivity contribution in [3.8, 4) is 12.0 Å². The van der Waals surface area contributed by atoms with Gasteiger partial charge >= 0.3 is 12.0 Å². The number of nitrogens with zero attached hydrogens (tertiary/aromatic N) is 3. The molecule has 0 aliphatic heterocycles. The predicted octanol–water partition coefficient (Wildman–Crippen LogP) is 1.51. The van der Waals surface area contributed by atoms with E-state index in [0.29, 0.717) is 12.2 Å². The van der Waals surface area contributed by atoms with Crippen LogP contribution >= 0.6 is 11.3 Å². The van der Waals surface area contributed by atoms with Crippen molar-refractivity contribution < 1.29 is 14.3 Å². The van der Waals surface area contributed by atoms with Gasteiger partial charge in [0.25, 0.3) is 0 Å². The van der Waals surface area contributed by atoms with Crippen molar-refractivity contribution in [2.75, 3.05) is 14.2 Å². The van der Waals surface area contributed by atoms with Crippen molar-refractivity contribution in [3.63, 3.8) is 0 Å². The van der Waals surface area contributed by atoms with E-state index in [9.17, 15) is 4.79 Å². The molecule has 118 valence electrons. The molecular formula is C14H18N4O3S. The third kappa shape index (κ3) is 4.39. The number of amides is 1. The highest BCUT2D eigenvalue weighted by Gasteiger charge is 2.09. The van der Waals surface area contributed by atoms with Gasteiger partial charge in [-0.25, -0.2) is 0 Å². The first-order valence-corrected chi connectivity index (χ1v) is 7.63. The molecule has 0 fully saturated rings. The first kappa shape index (κ1) is 16.2. The zero-order valence-electron chi connectivity index (χ0n) is 12.8. The number of aromatic nitrogens is 3. The second-order valence-electron chi connectivity index (χ2n) is 4.53. The van der Waals surface area contributed by atoms with Crippen LogP contribution in [0, 0.1) is 6.92 Å². The van der Waals surface area contributed by atoms with Crippen molar-refractivity contribution in [3.05, 3.63) is 27.7 Å². The maximum atomic E-state index is 11.9. The molecular weight excluding hydrogens is 304 g/mol. The van der Waals surface area contributed by atoms with Crippen LogP contribution in [0.2, 0.25) is 0 Å². The first-order chi connectivity index (χ1) is 10.6. The van der Waals surface area contributed by atoms with Crippen LogP contribution in [-0.2, 0) is 17.8 Å². The Hall–Kier alpha value is -2.22. The lowest BCUT2D eigenvalue weighted by molar-refractivity contribution is -0.121. The number of aryl methyl sites for hydroxylation is 2. The molecule has 0 atom stereocenters. The lowest BCUT2D eigenvalue weighted by Gasteiger charge is -2.06. The smallest absolute Gasteiger partial charge is 0.322 e. The average Bonchev–Trinajstić information content (AvgIpc) is 2.95. The Morgan fingerprint density at radius 2 is 1.91 bits per heavy atom. The molecule has 0 aliphatic carbocycles. The molecule has 0 saturated heterocycles. The fourth-order valence-corrected chi connectivity index (χ4v) is 2.70. The fourth-order valence-electron chi connectivity index (χ4n) is 1.79. The SMILES string of the molecule is COc1nc(CNC(=O)CCc2sccc2C)nc(OC)n1. The summed E-state index contributed by atoms with van der Waals surface area (Å²) in [6.07, 6.45) is 1.17. The van der Waals surface area contributed by atoms with Gasteiger partial charge in [0.05, 0.1) is 20.8 Å². The van der Waals surface area contributed by atoms with Gasteiger partial charge in [-0.1, -0.05) is 0 Å². The van der Waals surface area contributed by atoms with Crippen LogP contribution in [-0.4, -0.2) is 35.1 Å². The minimum absolute atomic E-state index is 0.0499. The van der Waals surface area contributed by atoms with Crippen LogP contribution < -0.4 is 14.8 Å². The predicted molar refractivity (Wildman–Crippen MR) is 82.2 cm³/mol. The van der Waals surface area contributed by atoms with E-state index in [1.165, 1.54) is 24.7 Å². The molecule has 0 aromatic carbocycles. The largest absolute Gasteiger partial charge is 0.467 e. The summed E-state index contributed by atoms with van der Waals surface area (Å²) in [5, 5.41) is 4.82. The van der Waals surface area contributed by atoms with Crippen LogP contribution in [0.25, 0.3) is 0 Å². The molecule has 2 aromatic heterocycles. The van der Waals surface area contributed by atoms with Crippen LogP contribution in [0.1, 0.15) is 22.7 Å². The summed E-state index contributed by atoms with van der Waals surface area (Å²) < 4.78 is 9.92. The maximum absolute atomic E-state index is 11.9. The monoisotopic (exact) mass is 322 g/mol. The third-order valence-corrected chi connectivity index (χ3v) is 4.08. The van der Waals surface area contributed by atoms with E-state index >= 15 is 0 Å². The molecule has 0 radical (unpaired) electrons. The lowest BCUT2D eigenvalue weighted by Crippen LogP contribution is -2.24. The standard InChI is InChI=1S/C14H18N4O3S/c1-9-6-7-22-10(9)4-5-12(19)15-8-11-16-13(20-2)18-14(17-11)21-3/h6-7H,4-5,8H2,1-3H3,(H,15,19). The van der Waals surface area contributed by atoms with Crippen LogP contribution in [0.4, 0.5) is 0 Å². The Labute approximate surface area is 132 Å². The minimum Gasteiger partial charge on any atom is -0.467 e. The van der Waals surface area contributed by atoms with Gasteiger partial charge in [0.2, 0.25) is 5.91 Å². The highest BCUT2D eigenvalue weighted by molar-refractivity contribution is 7.10. The number of hydrogen-bond acceptors (Lipinski definition) is 7. The van der Waals surface area contributed by atoms with E-state index in [4.69, 9.17) is 9.47 Å². The topological polar surface area (TPSA) is 86.2 Å². The lowest BCUT2D eigenvalue weighted by atomic mass is 10.2. The van der Waals surface area contributed by atoms with Crippen LogP contribution in [0.5, 0.6) is 12.0 Å². The zero-order valence-corrected chi connectivity index (χ0v) is 13.6. The number of thiophene rings is 1. The Kier molecular flexibility index (Phi) is 5.65. The molecule has 0 saturated carbocycles. The normalized spacial score (nSPS) is 10.3. The summed E-state index contributed by atoms with van der Waals surface area (Å²) in [4.78, 5) is 25.1. The number of carbonyl (C=O) groups excluding carboxylic acids is 1. The average molecular weight is 322 g/mol. The van der Waals surface area contributed by atoms with E-state index < -0.39 is 0 Å². The van der Waals surface area contributed by atoms with E-state index in [1.54, 1.807) is 11.3 Å². The van der Waals surface area contributed by atoms with Gasteiger partial charge in [0, 0.05) is 11.3 Å². The highest BCUT2D eigenvalue weighted by atomic mass is 32.1. The molecule has 2 aromatic rings. The van der Waals surface area contributed by atoms with Crippen molar-refractivity contribution in [1.82, 2.24) is 20.3 Å². The molecule has 1 amide bonds. The Morgan fingerprint density at radius 1 is 1.23 bits per heavy atom. The molecule has 22 heavy (non-hydrogen) atoms. The van der Waals surface area contributed by atoms with Crippen molar-refractivity contribution >= 4 is 17.2 Å². The maximum Gasteiger partial charge on any atom is 0.322 e. The van der Waals surface area contributed by atoms with Crippen molar-refractivity contribution in [1.29, 1.82) is 0 Å². The zero-order chi connectivity index (χ0) is 15.9. The number of nitrogens with one attached hydrogen (secondary N) is 1. The van der Waals surface area contributed by atoms with E-state index in [0.717, 1.165) is 6.42 Å². The summed E-state index contributed by atoms with van der Waals surface area (Å²) >= 11 is 1.67. The Morgan fingerprint density at radius 3 is 2.45 bits per heavy atom. The molecule has 8 heteroatoms. The van der Waals surface area contributed by atoms with Crippen molar-refractivity contribution in [2.24, 2.45) is 0 Å². The van der Waals surface area contributed by atoms with Crippen molar-refractivity contribution in [2.45, 2.75) is 26.3 Å². The third-order valence-electron chi connectivity index (χ3n) is 3.00. The van der Waals surface area contributed by atoms with Gasteiger partial charge in [-0.2, -0.15) is 9.97 Å². The van der Waals surface area contributed by atoms with Gasteiger partial charge in [0.15, 0.2) is 5.82 Å². The van der Waals surface area contributed by atoms with Gasteiger partial charge in [-0.15, -0.1) is 16.3 Å². The number of methoxy groups -OCH3 is 2. The molecule has 0 bridgehead atoms. The molecule has 2 rings (SSSR count). The van der Waals surface area contributed by atoms with E-state index in [2.05, 4.69) is 26.3 Å². The minimum atomic E-state index is -0.0499. The van der Waals surface area contributed by atoms with E-state index in [-0.39, 0.29) is 24.5 Å². The Bertz CT molecular complexity index is 623. The number of rotatable bonds is 7. The summed E-state index contributed by atoms with van der Waals surface area (Å²) in [5.41, 5.74) is 1.23. The Balaban J connectivity index is 1.87. The number of carbonyl (C=O) groups is 1. The van der Waals surface area contributed by atoms with Gasteiger partial charge in [-0.3, -0.25) is 4.79 Å². The molecule has 0 spiro atoms. The van der Waals surface area contributed by atoms with Gasteiger partial charge < -0.3 is 14.8 Å². The number of hydrogen-bond donors (Lipinski definition) is 1. The van der Waals surface area contributed by atoms with Crippen LogP contribution in [0.15, 0.2) is 11.4 Å². The first-order valence-electron chi connectivity index (χ1n) is 6.75. The second-order valence-corrected chi connectivity index (χ2v) is 5.53. The van der Waals surface area contributed by atoms with E-state index in [1.807, 2.05) is 12.3 Å². The number of ether oxygens (including phenoxy) is 2. The van der Waals surface area contributed by atoms with Gasteiger partial charge in [-0.05, 0) is 30.4 Å². The molecule has 0 unspecified atom stereocenters. The fraction of sp³-hybridized carbons (Fsp3) is 0.429. The second kappa shape index (κ2) is 7.69. The molecule has 0 aliphatic rings. The molecule has 1 N–H and O–H groups in total. The summed E-state index contributed by atoms with van der Waals surface area (Å²) in [6, 6.07) is 2.37. The highest BCUT2D eigenvalue weighted by Crippen LogP contribution is 2.17. The van der Waals surface area contributed by atoms with Gasteiger partial charge in [0.1, 0.15) is 0 Å². The quantitative estimate of drug-likeness (QED) is 0.831. The summed E-state index contributed by atoms with van der Waals surface area (Å²) in [5.74, 6) is 0.343. The summed E-state index contributed by atoms with van der Waals surface area (Å²) in [6.45, 7) is 2.25. The molecule has 7 nitrogen and oxygen atoms in total.